The van der Waals surface area contributed by atoms with Gasteiger partial charge in [0.05, 0.1) is 0 Å². The number of amides is 1. The SMILES string of the molecule is O=C(c1nc(-c2cccnc2)no1)N1CCN(c2ccc(Cl)cc2)CC1. The molecule has 0 bridgehead atoms. The van der Waals surface area contributed by atoms with E-state index in [-0.39, 0.29) is 11.8 Å². The molecule has 4 rings (SSSR count). The van der Waals surface area contributed by atoms with Gasteiger partial charge in [0.1, 0.15) is 0 Å². The predicted octanol–water partition coefficient (Wildman–Crippen LogP) is 2.75. The number of aromatic nitrogens is 3. The van der Waals surface area contributed by atoms with Gasteiger partial charge >= 0.3 is 11.8 Å². The standard InChI is InChI=1S/C18H16ClN5O2/c19-14-3-5-15(6-4-14)23-8-10-24(11-9-23)18(25)17-21-16(22-26-17)13-2-1-7-20-12-13/h1-7,12H,8-11H2. The van der Waals surface area contributed by atoms with Crippen molar-refractivity contribution in [2.45, 2.75) is 0 Å². The van der Waals surface area contributed by atoms with E-state index in [1.807, 2.05) is 30.3 Å². The van der Waals surface area contributed by atoms with Crippen LogP contribution >= 0.6 is 11.6 Å². The first-order valence-corrected chi connectivity index (χ1v) is 8.62. The van der Waals surface area contributed by atoms with Crippen LogP contribution in [0.2, 0.25) is 5.02 Å². The van der Waals surface area contributed by atoms with Crippen LogP contribution in [0.1, 0.15) is 10.7 Å². The van der Waals surface area contributed by atoms with Crippen molar-refractivity contribution in [1.29, 1.82) is 0 Å². The molecule has 132 valence electrons. The maximum Gasteiger partial charge on any atom is 0.316 e. The number of benzene rings is 1. The molecule has 2 aromatic heterocycles. The molecule has 3 aromatic rings. The van der Waals surface area contributed by atoms with E-state index in [2.05, 4.69) is 20.0 Å². The largest absolute Gasteiger partial charge is 0.368 e. The second-order valence-corrected chi connectivity index (χ2v) is 6.36. The molecule has 0 saturated carbocycles. The molecule has 26 heavy (non-hydrogen) atoms. The monoisotopic (exact) mass is 369 g/mol. The van der Waals surface area contributed by atoms with Crippen LogP contribution in [0.4, 0.5) is 5.69 Å². The summed E-state index contributed by atoms with van der Waals surface area (Å²) in [5.74, 6) is 0.119. The van der Waals surface area contributed by atoms with Crippen molar-refractivity contribution in [1.82, 2.24) is 20.0 Å². The van der Waals surface area contributed by atoms with Gasteiger partial charge in [-0.1, -0.05) is 16.8 Å². The number of piperazine rings is 1. The summed E-state index contributed by atoms with van der Waals surface area (Å²) < 4.78 is 5.15. The van der Waals surface area contributed by atoms with Crippen molar-refractivity contribution >= 4 is 23.2 Å². The van der Waals surface area contributed by atoms with Gasteiger partial charge in [-0.2, -0.15) is 4.98 Å². The van der Waals surface area contributed by atoms with Gasteiger partial charge in [0, 0.05) is 54.8 Å². The number of carbonyl (C=O) groups excluding carboxylic acids is 1. The smallest absolute Gasteiger partial charge is 0.316 e. The van der Waals surface area contributed by atoms with Gasteiger partial charge in [0.25, 0.3) is 0 Å². The van der Waals surface area contributed by atoms with Crippen LogP contribution < -0.4 is 4.90 Å². The second-order valence-electron chi connectivity index (χ2n) is 5.92. The molecule has 0 N–H and O–H groups in total. The van der Waals surface area contributed by atoms with Crippen LogP contribution in [-0.4, -0.2) is 52.1 Å². The Balaban J connectivity index is 1.41. The highest BCUT2D eigenvalue weighted by Crippen LogP contribution is 2.20. The lowest BCUT2D eigenvalue weighted by molar-refractivity contribution is 0.0696. The van der Waals surface area contributed by atoms with Gasteiger partial charge in [0.15, 0.2) is 0 Å². The van der Waals surface area contributed by atoms with E-state index >= 15 is 0 Å². The Hall–Kier alpha value is -2.93. The van der Waals surface area contributed by atoms with Crippen LogP contribution in [0, 0.1) is 0 Å². The molecule has 8 heteroatoms. The Labute approximate surface area is 155 Å². The zero-order valence-electron chi connectivity index (χ0n) is 13.9. The van der Waals surface area contributed by atoms with Crippen LogP contribution in [0.25, 0.3) is 11.4 Å². The molecule has 1 aliphatic heterocycles. The van der Waals surface area contributed by atoms with Crippen molar-refractivity contribution in [2.24, 2.45) is 0 Å². The number of nitrogens with zero attached hydrogens (tertiary/aromatic N) is 5. The summed E-state index contributed by atoms with van der Waals surface area (Å²) in [4.78, 5) is 24.8. The summed E-state index contributed by atoms with van der Waals surface area (Å²) >= 11 is 5.93. The lowest BCUT2D eigenvalue weighted by atomic mass is 10.2. The maximum absolute atomic E-state index is 12.6. The molecule has 0 spiro atoms. The number of carbonyl (C=O) groups is 1. The molecule has 0 aliphatic carbocycles. The molecule has 1 aliphatic rings. The highest BCUT2D eigenvalue weighted by Gasteiger charge is 2.26. The third-order valence-corrected chi connectivity index (χ3v) is 4.54. The van der Waals surface area contributed by atoms with Gasteiger partial charge < -0.3 is 14.3 Å². The molecule has 0 atom stereocenters. The van der Waals surface area contributed by atoms with Gasteiger partial charge in [0.2, 0.25) is 5.82 Å². The summed E-state index contributed by atoms with van der Waals surface area (Å²) in [7, 11) is 0. The zero-order chi connectivity index (χ0) is 17.9. The molecule has 1 aromatic carbocycles. The Bertz CT molecular complexity index is 889. The van der Waals surface area contributed by atoms with Crippen molar-refractivity contribution in [2.75, 3.05) is 31.1 Å². The van der Waals surface area contributed by atoms with Crippen molar-refractivity contribution in [3.63, 3.8) is 0 Å². The van der Waals surface area contributed by atoms with E-state index in [4.69, 9.17) is 16.1 Å². The second kappa shape index (κ2) is 7.13. The number of pyridine rings is 1. The van der Waals surface area contributed by atoms with Crippen LogP contribution in [-0.2, 0) is 0 Å². The summed E-state index contributed by atoms with van der Waals surface area (Å²) in [6, 6.07) is 11.3. The molecule has 0 unspecified atom stereocenters. The number of halogens is 1. The van der Waals surface area contributed by atoms with Gasteiger partial charge in [-0.25, -0.2) is 0 Å². The van der Waals surface area contributed by atoms with Crippen LogP contribution in [0.15, 0.2) is 53.3 Å². The van der Waals surface area contributed by atoms with E-state index in [9.17, 15) is 4.79 Å². The van der Waals surface area contributed by atoms with E-state index in [1.54, 1.807) is 23.4 Å². The summed E-state index contributed by atoms with van der Waals surface area (Å²) in [6.45, 7) is 2.64. The molecule has 1 fully saturated rings. The number of rotatable bonds is 3. The first-order valence-electron chi connectivity index (χ1n) is 8.24. The average Bonchev–Trinajstić information content (AvgIpc) is 3.19. The maximum atomic E-state index is 12.6. The van der Waals surface area contributed by atoms with Crippen LogP contribution in [0.5, 0.6) is 0 Å². The molecule has 1 saturated heterocycles. The first kappa shape index (κ1) is 16.5. The lowest BCUT2D eigenvalue weighted by Gasteiger charge is -2.35. The van der Waals surface area contributed by atoms with E-state index in [0.717, 1.165) is 18.8 Å². The van der Waals surface area contributed by atoms with Crippen LogP contribution in [0.3, 0.4) is 0 Å². The fraction of sp³-hybridized carbons (Fsp3) is 0.222. The average molecular weight is 370 g/mol. The minimum atomic E-state index is -0.247. The number of hydrogen-bond donors (Lipinski definition) is 0. The van der Waals surface area contributed by atoms with Gasteiger partial charge in [-0.15, -0.1) is 0 Å². The Morgan fingerprint density at radius 1 is 1.08 bits per heavy atom. The minimum absolute atomic E-state index is 0.00351. The highest BCUT2D eigenvalue weighted by molar-refractivity contribution is 6.30. The molecule has 1 amide bonds. The fourth-order valence-corrected chi connectivity index (χ4v) is 3.00. The lowest BCUT2D eigenvalue weighted by Crippen LogP contribution is -2.48. The molecular formula is C18H16ClN5O2. The Kier molecular flexibility index (Phi) is 4.53. The number of anilines is 1. The quantitative estimate of drug-likeness (QED) is 0.706. The fourth-order valence-electron chi connectivity index (χ4n) is 2.88. The van der Waals surface area contributed by atoms with E-state index < -0.39 is 0 Å². The van der Waals surface area contributed by atoms with E-state index in [0.29, 0.717) is 29.5 Å². The normalized spacial score (nSPS) is 14.5. The molecular weight excluding hydrogens is 354 g/mol. The summed E-state index contributed by atoms with van der Waals surface area (Å²) in [5.41, 5.74) is 1.81. The minimum Gasteiger partial charge on any atom is -0.368 e. The predicted molar refractivity (Wildman–Crippen MR) is 97.1 cm³/mol. The first-order chi connectivity index (χ1) is 12.7. The van der Waals surface area contributed by atoms with Crippen molar-refractivity contribution in [3.05, 3.63) is 59.7 Å². The Morgan fingerprint density at radius 2 is 1.85 bits per heavy atom. The topological polar surface area (TPSA) is 75.4 Å². The molecule has 3 heterocycles. The summed E-state index contributed by atoms with van der Waals surface area (Å²) in [6.07, 6.45) is 3.29. The van der Waals surface area contributed by atoms with E-state index in [1.165, 1.54) is 0 Å². The molecule has 0 radical (unpaired) electrons. The zero-order valence-corrected chi connectivity index (χ0v) is 14.6. The van der Waals surface area contributed by atoms with Gasteiger partial charge in [-0.05, 0) is 36.4 Å². The van der Waals surface area contributed by atoms with Crippen molar-refractivity contribution in [3.8, 4) is 11.4 Å². The molecule has 7 nitrogen and oxygen atoms in total. The van der Waals surface area contributed by atoms with Crippen molar-refractivity contribution < 1.29 is 9.32 Å². The third kappa shape index (κ3) is 3.39. The Morgan fingerprint density at radius 3 is 2.54 bits per heavy atom. The number of hydrogen-bond acceptors (Lipinski definition) is 6. The third-order valence-electron chi connectivity index (χ3n) is 4.29. The highest BCUT2D eigenvalue weighted by atomic mass is 35.5. The summed E-state index contributed by atoms with van der Waals surface area (Å²) in [5, 5.41) is 4.59. The van der Waals surface area contributed by atoms with Gasteiger partial charge in [-0.3, -0.25) is 9.78 Å².